The van der Waals surface area contributed by atoms with E-state index < -0.39 is 6.04 Å². The number of aryl methyl sites for hydroxylation is 1. The number of nitrogens with zero attached hydrogens (tertiary/aromatic N) is 2. The molecule has 1 aromatic heterocycles. The monoisotopic (exact) mass is 233 g/mol. The largest absolute Gasteiger partial charge is 0.508 e. The number of rotatable bonds is 3. The summed E-state index contributed by atoms with van der Waals surface area (Å²) in [4.78, 5) is 4.04. The summed E-state index contributed by atoms with van der Waals surface area (Å²) in [6.07, 6.45) is 3.28. The molecule has 0 saturated heterocycles. The third kappa shape index (κ3) is 2.15. The summed E-state index contributed by atoms with van der Waals surface area (Å²) in [6.45, 7) is 1.76. The predicted octanol–water partition coefficient (Wildman–Crippen LogP) is 0.878. The van der Waals surface area contributed by atoms with E-state index in [0.29, 0.717) is 0 Å². The Bertz CT molecular complexity index is 522. The van der Waals surface area contributed by atoms with Gasteiger partial charge in [0.05, 0.1) is 36.6 Å². The molecule has 0 spiro atoms. The molecular weight excluding hydrogens is 218 g/mol. The number of imidazole rings is 1. The van der Waals surface area contributed by atoms with Crippen molar-refractivity contribution in [3.8, 4) is 11.4 Å². The van der Waals surface area contributed by atoms with Crippen LogP contribution < -0.4 is 5.73 Å². The van der Waals surface area contributed by atoms with Gasteiger partial charge in [0.2, 0.25) is 0 Å². The van der Waals surface area contributed by atoms with Crippen LogP contribution in [0.5, 0.6) is 5.75 Å². The first-order valence-electron chi connectivity index (χ1n) is 5.32. The number of phenolic OH excluding ortho intramolecular Hbond substituents is 1. The SMILES string of the molecule is Cc1cc(O)ccc1-n1cncc1C(N)CO. The number of benzene rings is 1. The Morgan fingerprint density at radius 3 is 2.88 bits per heavy atom. The van der Waals surface area contributed by atoms with E-state index in [0.717, 1.165) is 16.9 Å². The van der Waals surface area contributed by atoms with Crippen LogP contribution in [0.1, 0.15) is 17.3 Å². The number of hydrogen-bond donors (Lipinski definition) is 3. The third-order valence-electron chi connectivity index (χ3n) is 2.68. The predicted molar refractivity (Wildman–Crippen MR) is 64.0 cm³/mol. The van der Waals surface area contributed by atoms with Crippen molar-refractivity contribution in [1.29, 1.82) is 0 Å². The Kier molecular flexibility index (Phi) is 3.12. The standard InChI is InChI=1S/C12H15N3O2/c1-8-4-9(17)2-3-11(8)15-7-14-5-12(15)10(13)6-16/h2-5,7,10,16-17H,6,13H2,1H3. The minimum atomic E-state index is -0.467. The number of aliphatic hydroxyl groups is 1. The zero-order chi connectivity index (χ0) is 12.4. The number of phenols is 1. The Morgan fingerprint density at radius 1 is 1.47 bits per heavy atom. The topological polar surface area (TPSA) is 84.3 Å². The Hall–Kier alpha value is -1.85. The maximum absolute atomic E-state index is 9.37. The van der Waals surface area contributed by atoms with Gasteiger partial charge >= 0.3 is 0 Å². The van der Waals surface area contributed by atoms with E-state index in [1.54, 1.807) is 30.7 Å². The molecule has 1 unspecified atom stereocenters. The normalized spacial score (nSPS) is 12.6. The smallest absolute Gasteiger partial charge is 0.115 e. The molecule has 5 heteroatoms. The van der Waals surface area contributed by atoms with Crippen molar-refractivity contribution in [2.24, 2.45) is 5.73 Å². The molecule has 4 N–H and O–H groups in total. The van der Waals surface area contributed by atoms with Crippen LogP contribution in [0.25, 0.3) is 5.69 Å². The molecule has 0 fully saturated rings. The highest BCUT2D eigenvalue weighted by Gasteiger charge is 2.13. The zero-order valence-electron chi connectivity index (χ0n) is 9.54. The molecular formula is C12H15N3O2. The molecule has 0 aliphatic carbocycles. The average molecular weight is 233 g/mol. The molecule has 0 bridgehead atoms. The number of aromatic hydroxyl groups is 1. The van der Waals surface area contributed by atoms with Crippen molar-refractivity contribution < 1.29 is 10.2 Å². The molecule has 1 atom stereocenters. The first-order valence-corrected chi connectivity index (χ1v) is 5.32. The highest BCUT2D eigenvalue weighted by molar-refractivity contribution is 5.45. The summed E-state index contributed by atoms with van der Waals surface area (Å²) < 4.78 is 1.82. The zero-order valence-corrected chi connectivity index (χ0v) is 9.54. The van der Waals surface area contributed by atoms with Crippen LogP contribution in [-0.2, 0) is 0 Å². The fraction of sp³-hybridized carbons (Fsp3) is 0.250. The van der Waals surface area contributed by atoms with Gasteiger partial charge in [-0.05, 0) is 30.7 Å². The summed E-state index contributed by atoms with van der Waals surface area (Å²) in [5, 5.41) is 18.5. The van der Waals surface area contributed by atoms with Crippen LogP contribution in [-0.4, -0.2) is 26.4 Å². The minimum absolute atomic E-state index is 0.136. The van der Waals surface area contributed by atoms with E-state index in [1.165, 1.54) is 0 Å². The van der Waals surface area contributed by atoms with E-state index in [-0.39, 0.29) is 12.4 Å². The van der Waals surface area contributed by atoms with E-state index in [1.807, 2.05) is 11.5 Å². The molecule has 0 aliphatic heterocycles. The van der Waals surface area contributed by atoms with Gasteiger partial charge in [-0.25, -0.2) is 4.98 Å². The van der Waals surface area contributed by atoms with Gasteiger partial charge in [-0.3, -0.25) is 0 Å². The number of aromatic nitrogens is 2. The van der Waals surface area contributed by atoms with Gasteiger partial charge in [0.1, 0.15) is 5.75 Å². The Labute approximate surface area is 99.2 Å². The van der Waals surface area contributed by atoms with Gasteiger partial charge < -0.3 is 20.5 Å². The van der Waals surface area contributed by atoms with Crippen LogP contribution >= 0.6 is 0 Å². The molecule has 0 amide bonds. The van der Waals surface area contributed by atoms with Gasteiger partial charge in [0.25, 0.3) is 0 Å². The van der Waals surface area contributed by atoms with Gasteiger partial charge in [0.15, 0.2) is 0 Å². The van der Waals surface area contributed by atoms with Gasteiger partial charge in [-0.1, -0.05) is 0 Å². The molecule has 0 aliphatic rings. The summed E-state index contributed by atoms with van der Waals surface area (Å²) in [5.41, 5.74) is 8.33. The first kappa shape index (κ1) is 11.6. The lowest BCUT2D eigenvalue weighted by atomic mass is 10.1. The van der Waals surface area contributed by atoms with Crippen LogP contribution in [0.15, 0.2) is 30.7 Å². The molecule has 5 nitrogen and oxygen atoms in total. The molecule has 1 heterocycles. The molecule has 17 heavy (non-hydrogen) atoms. The molecule has 2 rings (SSSR count). The van der Waals surface area contributed by atoms with Crippen LogP contribution in [0, 0.1) is 6.92 Å². The van der Waals surface area contributed by atoms with E-state index >= 15 is 0 Å². The van der Waals surface area contributed by atoms with Crippen molar-refractivity contribution in [3.63, 3.8) is 0 Å². The molecule has 2 aromatic rings. The van der Waals surface area contributed by atoms with Crippen LogP contribution in [0.4, 0.5) is 0 Å². The fourth-order valence-electron chi connectivity index (χ4n) is 1.78. The Morgan fingerprint density at radius 2 is 2.24 bits per heavy atom. The second-order valence-electron chi connectivity index (χ2n) is 3.95. The quantitative estimate of drug-likeness (QED) is 0.734. The second kappa shape index (κ2) is 4.57. The number of hydrogen-bond acceptors (Lipinski definition) is 4. The van der Waals surface area contributed by atoms with Gasteiger partial charge in [-0.2, -0.15) is 0 Å². The molecule has 0 radical (unpaired) electrons. The number of nitrogens with two attached hydrogens (primary N) is 1. The lowest BCUT2D eigenvalue weighted by molar-refractivity contribution is 0.265. The van der Waals surface area contributed by atoms with Crippen molar-refractivity contribution in [3.05, 3.63) is 42.0 Å². The molecule has 1 aromatic carbocycles. The third-order valence-corrected chi connectivity index (χ3v) is 2.68. The van der Waals surface area contributed by atoms with Crippen LogP contribution in [0.3, 0.4) is 0 Å². The van der Waals surface area contributed by atoms with E-state index in [9.17, 15) is 5.11 Å². The lowest BCUT2D eigenvalue weighted by Crippen LogP contribution is -2.18. The summed E-state index contributed by atoms with van der Waals surface area (Å²) in [5.74, 6) is 0.222. The maximum Gasteiger partial charge on any atom is 0.115 e. The summed E-state index contributed by atoms with van der Waals surface area (Å²) >= 11 is 0. The van der Waals surface area contributed by atoms with E-state index in [4.69, 9.17) is 10.8 Å². The second-order valence-corrected chi connectivity index (χ2v) is 3.95. The fourth-order valence-corrected chi connectivity index (χ4v) is 1.78. The summed E-state index contributed by atoms with van der Waals surface area (Å²) in [7, 11) is 0. The van der Waals surface area contributed by atoms with E-state index in [2.05, 4.69) is 4.98 Å². The van der Waals surface area contributed by atoms with Crippen molar-refractivity contribution in [2.75, 3.05) is 6.61 Å². The molecule has 90 valence electrons. The lowest BCUT2D eigenvalue weighted by Gasteiger charge is -2.14. The molecule has 0 saturated carbocycles. The van der Waals surface area contributed by atoms with Crippen molar-refractivity contribution in [2.45, 2.75) is 13.0 Å². The van der Waals surface area contributed by atoms with Gasteiger partial charge in [0, 0.05) is 0 Å². The first-order chi connectivity index (χ1) is 8.13. The highest BCUT2D eigenvalue weighted by Crippen LogP contribution is 2.22. The van der Waals surface area contributed by atoms with Gasteiger partial charge in [-0.15, -0.1) is 0 Å². The average Bonchev–Trinajstić information content (AvgIpc) is 2.77. The highest BCUT2D eigenvalue weighted by atomic mass is 16.3. The van der Waals surface area contributed by atoms with Crippen molar-refractivity contribution in [1.82, 2.24) is 9.55 Å². The minimum Gasteiger partial charge on any atom is -0.508 e. The number of aliphatic hydroxyl groups excluding tert-OH is 1. The maximum atomic E-state index is 9.37. The van der Waals surface area contributed by atoms with Crippen LogP contribution in [0.2, 0.25) is 0 Å². The summed E-state index contributed by atoms with van der Waals surface area (Å²) in [6, 6.07) is 4.60. The van der Waals surface area contributed by atoms with Crippen molar-refractivity contribution >= 4 is 0 Å². The Balaban J connectivity index is 2.50.